The number of aliphatic hydroxyl groups is 1. The normalized spacial score (nSPS) is 12.6. The molecule has 3 nitrogen and oxygen atoms in total. The van der Waals surface area contributed by atoms with Crippen molar-refractivity contribution in [2.75, 3.05) is 11.9 Å². The van der Waals surface area contributed by atoms with Gasteiger partial charge in [-0.1, -0.05) is 50.1 Å². The van der Waals surface area contributed by atoms with E-state index in [0.29, 0.717) is 13.0 Å². The van der Waals surface area contributed by atoms with Crippen LogP contribution in [0, 0.1) is 0 Å². The van der Waals surface area contributed by atoms with Crippen LogP contribution in [-0.2, 0) is 6.54 Å². The van der Waals surface area contributed by atoms with Crippen LogP contribution < -0.4 is 5.32 Å². The molecule has 0 bridgehead atoms. The SMILES string of the molecule is OC(CCn1c2ccc(Br)cc2c2cc(Br)ccc21)CNc1ccccc1. The van der Waals surface area contributed by atoms with Gasteiger partial charge in [0.1, 0.15) is 0 Å². The highest BCUT2D eigenvalue weighted by Gasteiger charge is 2.13. The summed E-state index contributed by atoms with van der Waals surface area (Å²) in [4.78, 5) is 0. The van der Waals surface area contributed by atoms with Gasteiger partial charge in [-0.15, -0.1) is 0 Å². The zero-order chi connectivity index (χ0) is 18.8. The maximum absolute atomic E-state index is 10.5. The third kappa shape index (κ3) is 4.05. The maximum Gasteiger partial charge on any atom is 0.0729 e. The average Bonchev–Trinajstić information content (AvgIpc) is 2.97. The van der Waals surface area contributed by atoms with Gasteiger partial charge in [0, 0.05) is 49.5 Å². The van der Waals surface area contributed by atoms with Gasteiger partial charge in [0.2, 0.25) is 0 Å². The monoisotopic (exact) mass is 486 g/mol. The molecule has 1 heterocycles. The molecule has 1 unspecified atom stereocenters. The predicted octanol–water partition coefficient (Wildman–Crippen LogP) is 6.18. The third-order valence-electron chi connectivity index (χ3n) is 4.79. The van der Waals surface area contributed by atoms with Crippen molar-refractivity contribution in [3.8, 4) is 0 Å². The molecule has 0 aliphatic rings. The summed E-state index contributed by atoms with van der Waals surface area (Å²) in [7, 11) is 0. The number of para-hydroxylation sites is 1. The lowest BCUT2D eigenvalue weighted by molar-refractivity contribution is 0.172. The Bertz CT molecular complexity index is 1020. The summed E-state index contributed by atoms with van der Waals surface area (Å²) >= 11 is 7.16. The number of hydrogen-bond acceptors (Lipinski definition) is 2. The van der Waals surface area contributed by atoms with E-state index in [9.17, 15) is 5.11 Å². The third-order valence-corrected chi connectivity index (χ3v) is 5.78. The van der Waals surface area contributed by atoms with Crippen molar-refractivity contribution >= 4 is 59.4 Å². The standard InChI is InChI=1S/C22H20Br2N2O/c23-15-6-8-21-19(12-15)20-13-16(24)7-9-22(20)26(21)11-10-18(27)14-25-17-4-2-1-3-5-17/h1-9,12-13,18,25,27H,10-11,14H2. The molecule has 0 fully saturated rings. The van der Waals surface area contributed by atoms with Crippen LogP contribution in [0.15, 0.2) is 75.7 Å². The van der Waals surface area contributed by atoms with Gasteiger partial charge in [0.15, 0.2) is 0 Å². The molecule has 0 aliphatic heterocycles. The van der Waals surface area contributed by atoms with Gasteiger partial charge in [-0.2, -0.15) is 0 Å². The van der Waals surface area contributed by atoms with Crippen LogP contribution in [0.5, 0.6) is 0 Å². The fourth-order valence-electron chi connectivity index (χ4n) is 3.46. The summed E-state index contributed by atoms with van der Waals surface area (Å²) in [5.41, 5.74) is 3.41. The van der Waals surface area contributed by atoms with Crippen molar-refractivity contribution in [1.82, 2.24) is 4.57 Å². The van der Waals surface area contributed by atoms with Crippen LogP contribution in [0.25, 0.3) is 21.8 Å². The van der Waals surface area contributed by atoms with E-state index in [1.807, 2.05) is 30.3 Å². The lowest BCUT2D eigenvalue weighted by atomic mass is 10.2. The van der Waals surface area contributed by atoms with E-state index < -0.39 is 6.10 Å². The number of nitrogens with one attached hydrogen (secondary N) is 1. The summed E-state index contributed by atoms with van der Waals surface area (Å²) in [5, 5.41) is 16.2. The zero-order valence-electron chi connectivity index (χ0n) is 14.7. The number of anilines is 1. The van der Waals surface area contributed by atoms with Crippen molar-refractivity contribution in [2.45, 2.75) is 19.1 Å². The van der Waals surface area contributed by atoms with E-state index in [2.05, 4.69) is 78.1 Å². The Morgan fingerprint density at radius 1 is 0.852 bits per heavy atom. The van der Waals surface area contributed by atoms with Gasteiger partial charge in [0.05, 0.1) is 6.10 Å². The number of hydrogen-bond donors (Lipinski definition) is 2. The van der Waals surface area contributed by atoms with Crippen molar-refractivity contribution in [3.05, 3.63) is 75.7 Å². The molecule has 5 heteroatoms. The largest absolute Gasteiger partial charge is 0.391 e. The first-order valence-electron chi connectivity index (χ1n) is 8.96. The fraction of sp³-hybridized carbons (Fsp3) is 0.182. The number of halogens is 2. The molecular weight excluding hydrogens is 468 g/mol. The van der Waals surface area contributed by atoms with E-state index in [0.717, 1.165) is 21.2 Å². The van der Waals surface area contributed by atoms with E-state index in [4.69, 9.17) is 0 Å². The van der Waals surface area contributed by atoms with Gasteiger partial charge < -0.3 is 15.0 Å². The molecule has 4 aromatic rings. The minimum atomic E-state index is -0.413. The number of fused-ring (bicyclic) bond motifs is 3. The summed E-state index contributed by atoms with van der Waals surface area (Å²) in [6.45, 7) is 1.30. The zero-order valence-corrected chi connectivity index (χ0v) is 17.9. The number of aryl methyl sites for hydroxylation is 1. The number of aliphatic hydroxyl groups excluding tert-OH is 1. The predicted molar refractivity (Wildman–Crippen MR) is 120 cm³/mol. The Labute approximate surface area is 175 Å². The molecule has 4 rings (SSSR count). The van der Waals surface area contributed by atoms with Crippen LogP contribution in [0.4, 0.5) is 5.69 Å². The molecule has 0 saturated carbocycles. The minimum absolute atomic E-state index is 0.413. The Morgan fingerprint density at radius 2 is 1.44 bits per heavy atom. The number of rotatable bonds is 6. The Kier molecular flexibility index (Phi) is 5.53. The number of benzene rings is 3. The van der Waals surface area contributed by atoms with E-state index >= 15 is 0 Å². The Morgan fingerprint density at radius 3 is 2.04 bits per heavy atom. The molecule has 1 atom stereocenters. The molecule has 0 aliphatic carbocycles. The van der Waals surface area contributed by atoms with Crippen molar-refractivity contribution in [3.63, 3.8) is 0 Å². The highest BCUT2D eigenvalue weighted by molar-refractivity contribution is 9.10. The van der Waals surface area contributed by atoms with Crippen LogP contribution in [0.2, 0.25) is 0 Å². The van der Waals surface area contributed by atoms with E-state index in [1.165, 1.54) is 21.8 Å². The fourth-order valence-corrected chi connectivity index (χ4v) is 4.18. The highest BCUT2D eigenvalue weighted by atomic mass is 79.9. The van der Waals surface area contributed by atoms with Gasteiger partial charge in [-0.05, 0) is 55.0 Å². The van der Waals surface area contributed by atoms with Gasteiger partial charge in [0.25, 0.3) is 0 Å². The highest BCUT2D eigenvalue weighted by Crippen LogP contribution is 2.33. The van der Waals surface area contributed by atoms with Gasteiger partial charge >= 0.3 is 0 Å². The Balaban J connectivity index is 1.56. The molecule has 3 aromatic carbocycles. The van der Waals surface area contributed by atoms with E-state index in [1.54, 1.807) is 0 Å². The molecule has 0 spiro atoms. The molecule has 0 radical (unpaired) electrons. The molecule has 0 saturated heterocycles. The van der Waals surface area contributed by atoms with Crippen LogP contribution in [-0.4, -0.2) is 22.3 Å². The molecule has 138 valence electrons. The van der Waals surface area contributed by atoms with Crippen molar-refractivity contribution < 1.29 is 5.11 Å². The summed E-state index contributed by atoms with van der Waals surface area (Å²) in [6.07, 6.45) is 0.272. The smallest absolute Gasteiger partial charge is 0.0729 e. The summed E-state index contributed by atoms with van der Waals surface area (Å²) < 4.78 is 4.44. The maximum atomic E-state index is 10.5. The lowest BCUT2D eigenvalue weighted by Crippen LogP contribution is -2.21. The summed E-state index contributed by atoms with van der Waals surface area (Å²) in [6, 6.07) is 22.7. The average molecular weight is 488 g/mol. The summed E-state index contributed by atoms with van der Waals surface area (Å²) in [5.74, 6) is 0. The van der Waals surface area contributed by atoms with E-state index in [-0.39, 0.29) is 0 Å². The van der Waals surface area contributed by atoms with Crippen molar-refractivity contribution in [2.24, 2.45) is 0 Å². The molecule has 27 heavy (non-hydrogen) atoms. The second-order valence-electron chi connectivity index (χ2n) is 6.66. The van der Waals surface area contributed by atoms with Gasteiger partial charge in [-0.3, -0.25) is 0 Å². The molecule has 2 N–H and O–H groups in total. The first-order valence-corrected chi connectivity index (χ1v) is 10.5. The second-order valence-corrected chi connectivity index (χ2v) is 8.50. The van der Waals surface area contributed by atoms with Crippen LogP contribution >= 0.6 is 31.9 Å². The van der Waals surface area contributed by atoms with Gasteiger partial charge in [-0.25, -0.2) is 0 Å². The molecule has 0 amide bonds. The lowest BCUT2D eigenvalue weighted by Gasteiger charge is -2.14. The number of aromatic nitrogens is 1. The Hall–Kier alpha value is -1.82. The van der Waals surface area contributed by atoms with Crippen molar-refractivity contribution in [1.29, 1.82) is 0 Å². The number of nitrogens with zero attached hydrogens (tertiary/aromatic N) is 1. The molecule has 1 aromatic heterocycles. The topological polar surface area (TPSA) is 37.2 Å². The molecular formula is C22H20Br2N2O. The van der Waals surface area contributed by atoms with Crippen LogP contribution in [0.3, 0.4) is 0 Å². The minimum Gasteiger partial charge on any atom is -0.391 e. The first kappa shape index (κ1) is 18.5. The quantitative estimate of drug-likeness (QED) is 0.340. The second kappa shape index (κ2) is 8.05. The van der Waals surface area contributed by atoms with Crippen LogP contribution in [0.1, 0.15) is 6.42 Å². The first-order chi connectivity index (χ1) is 13.1.